The van der Waals surface area contributed by atoms with Crippen molar-refractivity contribution in [2.45, 2.75) is 25.8 Å². The van der Waals surface area contributed by atoms with E-state index in [0.717, 1.165) is 12.1 Å². The molecule has 0 bridgehead atoms. The number of halogens is 5. The predicted octanol–water partition coefficient (Wildman–Crippen LogP) is 2.86. The van der Waals surface area contributed by atoms with Crippen molar-refractivity contribution < 1.29 is 26.7 Å². The number of hydrogen-bond donors (Lipinski definition) is 1. The predicted molar refractivity (Wildman–Crippen MR) is 53.7 cm³/mol. The molecule has 0 aliphatic heterocycles. The van der Waals surface area contributed by atoms with Gasteiger partial charge in [-0.25, -0.2) is 8.78 Å². The SMILES string of the molecule is O=C(CC(F)(F)F)NCc1ccc(F)cc1CF. The molecule has 0 spiro atoms. The zero-order valence-corrected chi connectivity index (χ0v) is 9.15. The highest BCUT2D eigenvalue weighted by Gasteiger charge is 2.30. The van der Waals surface area contributed by atoms with Gasteiger partial charge in [0.15, 0.2) is 0 Å². The topological polar surface area (TPSA) is 29.1 Å². The standard InChI is InChI=1S/C11H10F5NO/c12-5-8-3-9(13)2-1-7(8)6-17-10(18)4-11(14,15)16/h1-3H,4-6H2,(H,17,18). The summed E-state index contributed by atoms with van der Waals surface area (Å²) in [6.45, 7) is -1.23. The van der Waals surface area contributed by atoms with E-state index in [1.54, 1.807) is 0 Å². The smallest absolute Gasteiger partial charge is 0.352 e. The third kappa shape index (κ3) is 4.68. The van der Waals surface area contributed by atoms with Crippen LogP contribution in [0.25, 0.3) is 0 Å². The Labute approximate surface area is 99.8 Å². The van der Waals surface area contributed by atoms with Gasteiger partial charge in [-0.3, -0.25) is 4.79 Å². The molecule has 0 aliphatic rings. The highest BCUT2D eigenvalue weighted by molar-refractivity contribution is 5.76. The van der Waals surface area contributed by atoms with Gasteiger partial charge in [-0.05, 0) is 23.3 Å². The molecule has 0 heterocycles. The van der Waals surface area contributed by atoms with Crippen molar-refractivity contribution in [2.75, 3.05) is 0 Å². The molecule has 100 valence electrons. The lowest BCUT2D eigenvalue weighted by Crippen LogP contribution is -2.28. The van der Waals surface area contributed by atoms with Crippen molar-refractivity contribution in [1.82, 2.24) is 5.32 Å². The highest BCUT2D eigenvalue weighted by Crippen LogP contribution is 2.19. The summed E-state index contributed by atoms with van der Waals surface area (Å²) in [5, 5.41) is 2.00. The summed E-state index contributed by atoms with van der Waals surface area (Å²) in [5.74, 6) is -1.86. The molecular formula is C11H10F5NO. The molecule has 7 heteroatoms. The molecule has 1 aromatic carbocycles. The van der Waals surface area contributed by atoms with Crippen LogP contribution >= 0.6 is 0 Å². The molecule has 0 aliphatic carbocycles. The molecule has 0 saturated heterocycles. The first-order chi connectivity index (χ1) is 8.31. The molecule has 1 amide bonds. The number of amides is 1. The van der Waals surface area contributed by atoms with Crippen LogP contribution in [0.15, 0.2) is 18.2 Å². The maximum Gasteiger partial charge on any atom is 0.397 e. The van der Waals surface area contributed by atoms with E-state index in [2.05, 4.69) is 0 Å². The number of alkyl halides is 4. The van der Waals surface area contributed by atoms with Gasteiger partial charge in [0.05, 0.1) is 0 Å². The van der Waals surface area contributed by atoms with Crippen molar-refractivity contribution in [2.24, 2.45) is 0 Å². The molecule has 0 fully saturated rings. The Bertz CT molecular complexity index is 430. The van der Waals surface area contributed by atoms with Gasteiger partial charge in [-0.1, -0.05) is 6.07 Å². The summed E-state index contributed by atoms with van der Waals surface area (Å²) >= 11 is 0. The van der Waals surface area contributed by atoms with E-state index in [9.17, 15) is 26.7 Å². The zero-order chi connectivity index (χ0) is 13.8. The molecule has 18 heavy (non-hydrogen) atoms. The van der Waals surface area contributed by atoms with Crippen molar-refractivity contribution >= 4 is 5.91 Å². The van der Waals surface area contributed by atoms with E-state index in [4.69, 9.17) is 0 Å². The molecule has 0 saturated carbocycles. The lowest BCUT2D eigenvalue weighted by Gasteiger charge is -2.10. The van der Waals surface area contributed by atoms with Crippen molar-refractivity contribution in [3.05, 3.63) is 35.1 Å². The molecule has 2 nitrogen and oxygen atoms in total. The summed E-state index contributed by atoms with van der Waals surface area (Å²) in [7, 11) is 0. The highest BCUT2D eigenvalue weighted by atomic mass is 19.4. The van der Waals surface area contributed by atoms with Gasteiger partial charge in [0, 0.05) is 6.54 Å². The van der Waals surface area contributed by atoms with E-state index in [1.807, 2.05) is 5.32 Å². The number of carbonyl (C=O) groups excluding carboxylic acids is 1. The quantitative estimate of drug-likeness (QED) is 0.835. The molecule has 0 aromatic heterocycles. The second kappa shape index (κ2) is 5.79. The Balaban J connectivity index is 2.61. The van der Waals surface area contributed by atoms with E-state index >= 15 is 0 Å². The van der Waals surface area contributed by atoms with Crippen LogP contribution in [0.3, 0.4) is 0 Å². The molecule has 1 aromatic rings. The Morgan fingerprint density at radius 3 is 2.44 bits per heavy atom. The average Bonchev–Trinajstić information content (AvgIpc) is 2.24. The van der Waals surface area contributed by atoms with Crippen LogP contribution in [-0.4, -0.2) is 12.1 Å². The van der Waals surface area contributed by atoms with E-state index in [1.165, 1.54) is 6.07 Å². The van der Waals surface area contributed by atoms with Crippen LogP contribution in [0, 0.1) is 5.82 Å². The third-order valence-corrected chi connectivity index (χ3v) is 2.15. The van der Waals surface area contributed by atoms with Crippen LogP contribution in [0.5, 0.6) is 0 Å². The summed E-state index contributed by atoms with van der Waals surface area (Å²) in [6, 6.07) is 3.20. The van der Waals surface area contributed by atoms with E-state index in [-0.39, 0.29) is 17.7 Å². The van der Waals surface area contributed by atoms with Crippen molar-refractivity contribution in [1.29, 1.82) is 0 Å². The number of nitrogens with one attached hydrogen (secondary N) is 1. The van der Waals surface area contributed by atoms with Crippen LogP contribution < -0.4 is 5.32 Å². The zero-order valence-electron chi connectivity index (χ0n) is 9.15. The monoisotopic (exact) mass is 267 g/mol. The maximum absolute atomic E-state index is 12.8. The van der Waals surface area contributed by atoms with Crippen LogP contribution in [0.1, 0.15) is 17.5 Å². The van der Waals surface area contributed by atoms with Crippen LogP contribution in [0.4, 0.5) is 22.0 Å². The Kier molecular flexibility index (Phi) is 4.63. The fourth-order valence-electron chi connectivity index (χ4n) is 1.33. The van der Waals surface area contributed by atoms with Gasteiger partial charge >= 0.3 is 6.18 Å². The van der Waals surface area contributed by atoms with Crippen molar-refractivity contribution in [3.8, 4) is 0 Å². The van der Waals surface area contributed by atoms with Gasteiger partial charge in [0.2, 0.25) is 5.91 Å². The third-order valence-electron chi connectivity index (χ3n) is 2.15. The number of benzene rings is 1. The first kappa shape index (κ1) is 14.4. The average molecular weight is 267 g/mol. The number of rotatable bonds is 4. The minimum atomic E-state index is -4.59. The van der Waals surface area contributed by atoms with Gasteiger partial charge in [0.25, 0.3) is 0 Å². The molecule has 0 unspecified atom stereocenters. The maximum atomic E-state index is 12.8. The van der Waals surface area contributed by atoms with Crippen LogP contribution in [-0.2, 0) is 18.0 Å². The van der Waals surface area contributed by atoms with Crippen LogP contribution in [0.2, 0.25) is 0 Å². The largest absolute Gasteiger partial charge is 0.397 e. The molecule has 0 atom stereocenters. The molecule has 1 rings (SSSR count). The van der Waals surface area contributed by atoms with E-state index < -0.39 is 31.0 Å². The minimum absolute atomic E-state index is 0.00214. The number of hydrogen-bond acceptors (Lipinski definition) is 1. The lowest BCUT2D eigenvalue weighted by atomic mass is 10.1. The fraction of sp³-hybridized carbons (Fsp3) is 0.364. The first-order valence-corrected chi connectivity index (χ1v) is 4.98. The number of carbonyl (C=O) groups is 1. The van der Waals surface area contributed by atoms with Gasteiger partial charge in [-0.15, -0.1) is 0 Å². The van der Waals surface area contributed by atoms with E-state index in [0.29, 0.717) is 0 Å². The Morgan fingerprint density at radius 1 is 1.22 bits per heavy atom. The molecule has 0 radical (unpaired) electrons. The summed E-state index contributed by atoms with van der Waals surface area (Å²) in [4.78, 5) is 10.9. The summed E-state index contributed by atoms with van der Waals surface area (Å²) < 4.78 is 60.8. The summed E-state index contributed by atoms with van der Waals surface area (Å²) in [5.41, 5.74) is 0.247. The second-order valence-electron chi connectivity index (χ2n) is 3.62. The molecular weight excluding hydrogens is 257 g/mol. The normalized spacial score (nSPS) is 11.4. The minimum Gasteiger partial charge on any atom is -0.352 e. The summed E-state index contributed by atoms with van der Waals surface area (Å²) in [6.07, 6.45) is -6.19. The Hall–Kier alpha value is -1.66. The second-order valence-corrected chi connectivity index (χ2v) is 3.62. The van der Waals surface area contributed by atoms with Gasteiger partial charge in [-0.2, -0.15) is 13.2 Å². The Morgan fingerprint density at radius 2 is 1.89 bits per heavy atom. The van der Waals surface area contributed by atoms with Gasteiger partial charge < -0.3 is 5.32 Å². The fourth-order valence-corrected chi connectivity index (χ4v) is 1.33. The van der Waals surface area contributed by atoms with Gasteiger partial charge in [0.1, 0.15) is 18.9 Å². The lowest BCUT2D eigenvalue weighted by molar-refractivity contribution is -0.153. The first-order valence-electron chi connectivity index (χ1n) is 4.98. The van der Waals surface area contributed by atoms with Crippen molar-refractivity contribution in [3.63, 3.8) is 0 Å². The molecule has 1 N–H and O–H groups in total.